The average Bonchev–Trinajstić information content (AvgIpc) is 2.70. The second-order valence-electron chi connectivity index (χ2n) is 2.84. The maximum Gasteiger partial charge on any atom is 0.123 e. The molecule has 14 heavy (non-hydrogen) atoms. The van der Waals surface area contributed by atoms with Crippen LogP contribution in [0.5, 0.6) is 0 Å². The van der Waals surface area contributed by atoms with Crippen LogP contribution >= 0.6 is 23.1 Å². The molecule has 0 fully saturated rings. The number of hydrogen-bond acceptors (Lipinski definition) is 4. The van der Waals surface area contributed by atoms with Crippen molar-refractivity contribution >= 4 is 28.9 Å². The normalized spacial score (nSPS) is 10.3. The van der Waals surface area contributed by atoms with Crippen LogP contribution < -0.4 is 5.73 Å². The van der Waals surface area contributed by atoms with Gasteiger partial charge in [-0.25, -0.2) is 4.98 Å². The first kappa shape index (κ1) is 9.55. The van der Waals surface area contributed by atoms with Gasteiger partial charge in [0.15, 0.2) is 0 Å². The Kier molecular flexibility index (Phi) is 3.06. The molecule has 2 N–H and O–H groups in total. The van der Waals surface area contributed by atoms with Crippen LogP contribution in [0.2, 0.25) is 0 Å². The Hall–Kier alpha value is -1.00. The molecule has 0 aliphatic carbocycles. The number of rotatable bonds is 3. The average molecular weight is 222 g/mol. The van der Waals surface area contributed by atoms with E-state index >= 15 is 0 Å². The van der Waals surface area contributed by atoms with E-state index in [0.29, 0.717) is 5.82 Å². The van der Waals surface area contributed by atoms with Crippen molar-refractivity contribution in [2.24, 2.45) is 0 Å². The molecule has 0 bridgehead atoms. The lowest BCUT2D eigenvalue weighted by Crippen LogP contribution is -1.88. The van der Waals surface area contributed by atoms with E-state index in [0.717, 1.165) is 10.6 Å². The highest BCUT2D eigenvalue weighted by molar-refractivity contribution is 7.98. The minimum Gasteiger partial charge on any atom is -0.384 e. The molecule has 0 radical (unpaired) electrons. The summed E-state index contributed by atoms with van der Waals surface area (Å²) in [4.78, 5) is 5.20. The maximum absolute atomic E-state index is 5.50. The lowest BCUT2D eigenvalue weighted by molar-refractivity contribution is 1.24. The van der Waals surface area contributed by atoms with E-state index in [2.05, 4.69) is 21.8 Å². The summed E-state index contributed by atoms with van der Waals surface area (Å²) in [5, 5.41) is 4.26. The third-order valence-corrected chi connectivity index (χ3v) is 3.53. The highest BCUT2D eigenvalue weighted by Gasteiger charge is 1.96. The van der Waals surface area contributed by atoms with Gasteiger partial charge in [-0.2, -0.15) is 11.3 Å². The minimum atomic E-state index is 0.574. The third kappa shape index (κ3) is 2.49. The number of nitrogens with zero attached hydrogens (tertiary/aromatic N) is 1. The summed E-state index contributed by atoms with van der Waals surface area (Å²) in [6.45, 7) is 0. The molecule has 2 rings (SSSR count). The second kappa shape index (κ2) is 4.48. The van der Waals surface area contributed by atoms with Crippen molar-refractivity contribution in [3.8, 4) is 0 Å². The standard InChI is InChI=1S/C10H10N2S2/c11-10-2-1-9(5-12-10)14-7-8-3-4-13-6-8/h1-6H,7H2,(H2,11,12). The van der Waals surface area contributed by atoms with E-state index in [-0.39, 0.29) is 0 Å². The number of nitrogen functional groups attached to an aromatic ring is 1. The van der Waals surface area contributed by atoms with Crippen molar-refractivity contribution in [3.05, 3.63) is 40.7 Å². The largest absolute Gasteiger partial charge is 0.384 e. The summed E-state index contributed by atoms with van der Waals surface area (Å²) in [5.41, 5.74) is 6.86. The Balaban J connectivity index is 1.95. The van der Waals surface area contributed by atoms with Crippen molar-refractivity contribution in [2.75, 3.05) is 5.73 Å². The smallest absolute Gasteiger partial charge is 0.123 e. The zero-order valence-corrected chi connectivity index (χ0v) is 9.15. The molecule has 2 nitrogen and oxygen atoms in total. The molecule has 0 aliphatic heterocycles. The fourth-order valence-corrected chi connectivity index (χ4v) is 2.60. The van der Waals surface area contributed by atoms with Crippen LogP contribution in [0.15, 0.2) is 40.1 Å². The summed E-state index contributed by atoms with van der Waals surface area (Å²) >= 11 is 3.50. The van der Waals surface area contributed by atoms with Gasteiger partial charge in [0.2, 0.25) is 0 Å². The molecule has 0 atom stereocenters. The molecule has 0 amide bonds. The molecule has 0 aliphatic rings. The molecular weight excluding hydrogens is 212 g/mol. The fraction of sp³-hybridized carbons (Fsp3) is 0.100. The Labute approximate surface area is 91.2 Å². The van der Waals surface area contributed by atoms with Crippen molar-refractivity contribution < 1.29 is 0 Å². The molecule has 0 aromatic carbocycles. The molecule has 0 saturated heterocycles. The van der Waals surface area contributed by atoms with Crippen molar-refractivity contribution in [3.63, 3.8) is 0 Å². The van der Waals surface area contributed by atoms with E-state index in [1.807, 2.05) is 18.3 Å². The number of thioether (sulfide) groups is 1. The zero-order valence-electron chi connectivity index (χ0n) is 7.51. The molecule has 0 spiro atoms. The summed E-state index contributed by atoms with van der Waals surface area (Å²) < 4.78 is 0. The Morgan fingerprint density at radius 1 is 1.36 bits per heavy atom. The first-order chi connectivity index (χ1) is 6.84. The quantitative estimate of drug-likeness (QED) is 0.811. The zero-order chi connectivity index (χ0) is 9.80. The SMILES string of the molecule is Nc1ccc(SCc2ccsc2)cn1. The Bertz CT molecular complexity index is 381. The second-order valence-corrected chi connectivity index (χ2v) is 4.67. The molecule has 4 heteroatoms. The minimum absolute atomic E-state index is 0.574. The predicted molar refractivity (Wildman–Crippen MR) is 62.5 cm³/mol. The van der Waals surface area contributed by atoms with Gasteiger partial charge in [0.25, 0.3) is 0 Å². The molecule has 0 saturated carbocycles. The van der Waals surface area contributed by atoms with Crippen LogP contribution in [-0.2, 0) is 5.75 Å². The summed E-state index contributed by atoms with van der Waals surface area (Å²) in [5.74, 6) is 1.57. The van der Waals surface area contributed by atoms with Crippen molar-refractivity contribution in [1.82, 2.24) is 4.98 Å². The van der Waals surface area contributed by atoms with Crippen molar-refractivity contribution in [1.29, 1.82) is 0 Å². The third-order valence-electron chi connectivity index (χ3n) is 1.74. The van der Waals surface area contributed by atoms with Crippen molar-refractivity contribution in [2.45, 2.75) is 10.6 Å². The van der Waals surface area contributed by atoms with E-state index < -0.39 is 0 Å². The lowest BCUT2D eigenvalue weighted by Gasteiger charge is -1.99. The van der Waals surface area contributed by atoms with Gasteiger partial charge in [-0.1, -0.05) is 0 Å². The molecular formula is C10H10N2S2. The Morgan fingerprint density at radius 2 is 2.29 bits per heavy atom. The monoisotopic (exact) mass is 222 g/mol. The first-order valence-corrected chi connectivity index (χ1v) is 6.13. The first-order valence-electron chi connectivity index (χ1n) is 4.20. The van der Waals surface area contributed by atoms with Gasteiger partial charge in [-0.3, -0.25) is 0 Å². The molecule has 72 valence electrons. The van der Waals surface area contributed by atoms with Gasteiger partial charge in [0, 0.05) is 16.8 Å². The van der Waals surface area contributed by atoms with E-state index in [9.17, 15) is 0 Å². The van der Waals surface area contributed by atoms with Gasteiger partial charge in [0.05, 0.1) is 0 Å². The molecule has 0 unspecified atom stereocenters. The summed E-state index contributed by atoms with van der Waals surface area (Å²) in [6, 6.07) is 5.97. The predicted octanol–water partition coefficient (Wildman–Crippen LogP) is 3.02. The van der Waals surface area contributed by atoms with Gasteiger partial charge >= 0.3 is 0 Å². The van der Waals surface area contributed by atoms with Gasteiger partial charge in [0.1, 0.15) is 5.82 Å². The molecule has 2 aromatic rings. The maximum atomic E-state index is 5.50. The summed E-state index contributed by atoms with van der Waals surface area (Å²) in [6.07, 6.45) is 1.81. The number of thiophene rings is 1. The van der Waals surface area contributed by atoms with E-state index in [4.69, 9.17) is 5.73 Å². The number of anilines is 1. The lowest BCUT2D eigenvalue weighted by atomic mass is 10.4. The van der Waals surface area contributed by atoms with Crippen LogP contribution in [0.4, 0.5) is 5.82 Å². The fourth-order valence-electron chi connectivity index (χ4n) is 1.02. The van der Waals surface area contributed by atoms with Crippen LogP contribution in [0.25, 0.3) is 0 Å². The summed E-state index contributed by atoms with van der Waals surface area (Å²) in [7, 11) is 0. The number of nitrogens with two attached hydrogens (primary N) is 1. The van der Waals surface area contributed by atoms with E-state index in [1.54, 1.807) is 23.1 Å². The Morgan fingerprint density at radius 3 is 2.93 bits per heavy atom. The number of pyridine rings is 1. The molecule has 2 aromatic heterocycles. The number of hydrogen-bond donors (Lipinski definition) is 1. The number of aromatic nitrogens is 1. The highest BCUT2D eigenvalue weighted by atomic mass is 32.2. The van der Waals surface area contributed by atoms with Crippen LogP contribution in [0.1, 0.15) is 5.56 Å². The van der Waals surface area contributed by atoms with Crippen LogP contribution in [0.3, 0.4) is 0 Å². The van der Waals surface area contributed by atoms with Gasteiger partial charge < -0.3 is 5.73 Å². The van der Waals surface area contributed by atoms with Gasteiger partial charge in [-0.15, -0.1) is 11.8 Å². The van der Waals surface area contributed by atoms with Crippen LogP contribution in [-0.4, -0.2) is 4.98 Å². The molecule has 2 heterocycles. The highest BCUT2D eigenvalue weighted by Crippen LogP contribution is 2.23. The van der Waals surface area contributed by atoms with Crippen LogP contribution in [0, 0.1) is 0 Å². The van der Waals surface area contributed by atoms with Gasteiger partial charge in [-0.05, 0) is 34.5 Å². The van der Waals surface area contributed by atoms with E-state index in [1.165, 1.54) is 5.56 Å². The topological polar surface area (TPSA) is 38.9 Å².